The van der Waals surface area contributed by atoms with E-state index in [0.717, 1.165) is 11.0 Å². The number of hydrogen-bond acceptors (Lipinski definition) is 5. The zero-order valence-corrected chi connectivity index (χ0v) is 11.4. The first-order valence-electron chi connectivity index (χ1n) is 5.25. The Morgan fingerprint density at radius 3 is 2.68 bits per heavy atom. The lowest BCUT2D eigenvalue weighted by Crippen LogP contribution is -2.40. The van der Waals surface area contributed by atoms with Gasteiger partial charge < -0.3 is 0 Å². The van der Waals surface area contributed by atoms with Crippen molar-refractivity contribution in [1.29, 1.82) is 0 Å². The summed E-state index contributed by atoms with van der Waals surface area (Å²) in [7, 11) is -2.61. The molecular formula is C10H10ClN3O4S. The monoisotopic (exact) mass is 303 g/mol. The molecule has 0 spiro atoms. The Morgan fingerprint density at radius 1 is 1.47 bits per heavy atom. The molecule has 1 aliphatic rings. The molecule has 19 heavy (non-hydrogen) atoms. The Kier molecular flexibility index (Phi) is 3.57. The van der Waals surface area contributed by atoms with Crippen LogP contribution in [0.1, 0.15) is 6.42 Å². The van der Waals surface area contributed by atoms with Gasteiger partial charge in [0.15, 0.2) is 0 Å². The fourth-order valence-electron chi connectivity index (χ4n) is 1.65. The summed E-state index contributed by atoms with van der Waals surface area (Å²) in [6, 6.07) is 1.34. The molecule has 2 heterocycles. The third-order valence-corrected chi connectivity index (χ3v) is 4.36. The SMILES string of the molecule is CN1C(=O)CC(NS(=O)(=O)c2ccnc(Cl)c2)C1=O. The summed E-state index contributed by atoms with van der Waals surface area (Å²) >= 11 is 5.61. The zero-order valence-electron chi connectivity index (χ0n) is 9.83. The van der Waals surface area contributed by atoms with E-state index in [4.69, 9.17) is 11.6 Å². The molecule has 1 aliphatic heterocycles. The molecule has 1 saturated heterocycles. The van der Waals surface area contributed by atoms with Crippen LogP contribution in [-0.2, 0) is 19.6 Å². The summed E-state index contributed by atoms with van der Waals surface area (Å²) in [6.07, 6.45) is 1.05. The fraction of sp³-hybridized carbons (Fsp3) is 0.300. The molecule has 0 bridgehead atoms. The van der Waals surface area contributed by atoms with E-state index in [9.17, 15) is 18.0 Å². The number of halogens is 1. The first-order valence-corrected chi connectivity index (χ1v) is 7.11. The largest absolute Gasteiger partial charge is 0.284 e. The van der Waals surface area contributed by atoms with Gasteiger partial charge in [0.2, 0.25) is 21.8 Å². The molecule has 1 aromatic heterocycles. The molecule has 102 valence electrons. The second-order valence-electron chi connectivity index (χ2n) is 3.98. The number of likely N-dealkylation sites (N-methyl/N-ethyl adjacent to an activating group) is 1. The number of pyridine rings is 1. The molecule has 2 rings (SSSR count). The molecule has 2 amide bonds. The third kappa shape index (κ3) is 2.75. The van der Waals surface area contributed by atoms with Gasteiger partial charge in [-0.1, -0.05) is 11.6 Å². The number of nitrogens with one attached hydrogen (secondary N) is 1. The molecule has 7 nitrogen and oxygen atoms in total. The minimum atomic E-state index is -3.92. The number of rotatable bonds is 3. The van der Waals surface area contributed by atoms with Crippen molar-refractivity contribution in [3.8, 4) is 0 Å². The maximum absolute atomic E-state index is 12.0. The van der Waals surface area contributed by atoms with Gasteiger partial charge >= 0.3 is 0 Å². The van der Waals surface area contributed by atoms with Crippen molar-refractivity contribution in [3.05, 3.63) is 23.5 Å². The number of sulfonamides is 1. The number of aromatic nitrogens is 1. The molecule has 0 aliphatic carbocycles. The highest BCUT2D eigenvalue weighted by atomic mass is 35.5. The van der Waals surface area contributed by atoms with Crippen molar-refractivity contribution in [3.63, 3.8) is 0 Å². The minimum absolute atomic E-state index is 0.0221. The van der Waals surface area contributed by atoms with Gasteiger partial charge in [-0.2, -0.15) is 4.72 Å². The molecule has 0 radical (unpaired) electrons. The van der Waals surface area contributed by atoms with Crippen molar-refractivity contribution >= 4 is 33.4 Å². The van der Waals surface area contributed by atoms with Crippen molar-refractivity contribution < 1.29 is 18.0 Å². The standard InChI is InChI=1S/C10H10ClN3O4S/c1-14-9(15)5-7(10(14)16)13-19(17,18)6-2-3-12-8(11)4-6/h2-4,7,13H,5H2,1H3. The molecule has 0 aromatic carbocycles. The average Bonchev–Trinajstić information content (AvgIpc) is 2.57. The van der Waals surface area contributed by atoms with E-state index in [1.54, 1.807) is 0 Å². The molecule has 1 N–H and O–H groups in total. The van der Waals surface area contributed by atoms with E-state index in [1.807, 2.05) is 0 Å². The van der Waals surface area contributed by atoms with Crippen LogP contribution in [0.5, 0.6) is 0 Å². The number of imide groups is 1. The first-order chi connectivity index (χ1) is 8.81. The Hall–Kier alpha value is -1.51. The van der Waals surface area contributed by atoms with Crippen LogP contribution < -0.4 is 4.72 Å². The molecule has 1 atom stereocenters. The molecule has 1 aromatic rings. The van der Waals surface area contributed by atoms with Crippen LogP contribution in [-0.4, -0.2) is 43.2 Å². The van der Waals surface area contributed by atoms with Crippen LogP contribution in [0.15, 0.2) is 23.2 Å². The second kappa shape index (κ2) is 4.87. The van der Waals surface area contributed by atoms with E-state index < -0.39 is 27.9 Å². The van der Waals surface area contributed by atoms with Crippen LogP contribution in [0.25, 0.3) is 0 Å². The van der Waals surface area contributed by atoms with Crippen LogP contribution in [0.2, 0.25) is 5.15 Å². The second-order valence-corrected chi connectivity index (χ2v) is 6.08. The van der Waals surface area contributed by atoms with Gasteiger partial charge in [0.1, 0.15) is 11.2 Å². The Labute approximate surface area is 114 Å². The number of amides is 2. The van der Waals surface area contributed by atoms with E-state index >= 15 is 0 Å². The summed E-state index contributed by atoms with van der Waals surface area (Å²) in [4.78, 5) is 27.4. The number of hydrogen-bond donors (Lipinski definition) is 1. The number of nitrogens with zero attached hydrogens (tertiary/aromatic N) is 2. The van der Waals surface area contributed by atoms with Gasteiger partial charge in [0, 0.05) is 13.2 Å². The van der Waals surface area contributed by atoms with E-state index in [-0.39, 0.29) is 16.5 Å². The maximum atomic E-state index is 12.0. The Morgan fingerprint density at radius 2 is 2.16 bits per heavy atom. The van der Waals surface area contributed by atoms with E-state index in [1.165, 1.54) is 19.3 Å². The summed E-state index contributed by atoms with van der Waals surface area (Å²) < 4.78 is 26.2. The molecule has 0 saturated carbocycles. The van der Waals surface area contributed by atoms with Gasteiger partial charge in [0.25, 0.3) is 0 Å². The van der Waals surface area contributed by atoms with Crippen molar-refractivity contribution in [1.82, 2.24) is 14.6 Å². The zero-order chi connectivity index (χ0) is 14.2. The highest BCUT2D eigenvalue weighted by Gasteiger charge is 2.38. The third-order valence-electron chi connectivity index (χ3n) is 2.69. The molecule has 1 fully saturated rings. The first kappa shape index (κ1) is 13.9. The highest BCUT2D eigenvalue weighted by Crippen LogP contribution is 2.16. The van der Waals surface area contributed by atoms with Crippen LogP contribution in [0, 0.1) is 0 Å². The number of likely N-dealkylation sites (tertiary alicyclic amines) is 1. The normalized spacial score (nSPS) is 20.1. The van der Waals surface area contributed by atoms with Crippen molar-refractivity contribution in [2.24, 2.45) is 0 Å². The van der Waals surface area contributed by atoms with Gasteiger partial charge in [-0.25, -0.2) is 13.4 Å². The van der Waals surface area contributed by atoms with Crippen LogP contribution in [0.3, 0.4) is 0 Å². The summed E-state index contributed by atoms with van der Waals surface area (Å²) in [5.41, 5.74) is 0. The smallest absolute Gasteiger partial charge is 0.247 e. The minimum Gasteiger partial charge on any atom is -0.284 e. The maximum Gasteiger partial charge on any atom is 0.247 e. The molecule has 1 unspecified atom stereocenters. The fourth-order valence-corrected chi connectivity index (χ4v) is 3.09. The quantitative estimate of drug-likeness (QED) is 0.614. The van der Waals surface area contributed by atoms with Gasteiger partial charge in [-0.05, 0) is 12.1 Å². The summed E-state index contributed by atoms with van der Waals surface area (Å²) in [5, 5.41) is 0.0221. The lowest BCUT2D eigenvalue weighted by atomic mass is 10.3. The molecular weight excluding hydrogens is 294 g/mol. The lowest BCUT2D eigenvalue weighted by Gasteiger charge is -2.11. The van der Waals surface area contributed by atoms with Crippen molar-refractivity contribution in [2.75, 3.05) is 7.05 Å². The Bertz CT molecular complexity index is 646. The predicted octanol–water partition coefficient (Wildman–Crippen LogP) is -0.229. The van der Waals surface area contributed by atoms with Crippen LogP contribution >= 0.6 is 11.6 Å². The topological polar surface area (TPSA) is 96.4 Å². The summed E-state index contributed by atoms with van der Waals surface area (Å²) in [5.74, 6) is -1.00. The Balaban J connectivity index is 2.24. The van der Waals surface area contributed by atoms with Gasteiger partial charge in [-0.3, -0.25) is 14.5 Å². The lowest BCUT2D eigenvalue weighted by molar-refractivity contribution is -0.137. The molecule has 9 heteroatoms. The summed E-state index contributed by atoms with van der Waals surface area (Å²) in [6.45, 7) is 0. The van der Waals surface area contributed by atoms with Crippen molar-refractivity contribution in [2.45, 2.75) is 17.4 Å². The van der Waals surface area contributed by atoms with Gasteiger partial charge in [0.05, 0.1) is 11.3 Å². The van der Waals surface area contributed by atoms with Gasteiger partial charge in [-0.15, -0.1) is 0 Å². The number of carbonyl (C=O) groups is 2. The van der Waals surface area contributed by atoms with E-state index in [0.29, 0.717) is 0 Å². The average molecular weight is 304 g/mol. The van der Waals surface area contributed by atoms with E-state index in [2.05, 4.69) is 9.71 Å². The van der Waals surface area contributed by atoms with Crippen LogP contribution in [0.4, 0.5) is 0 Å². The predicted molar refractivity (Wildman–Crippen MR) is 65.8 cm³/mol. The number of carbonyl (C=O) groups excluding carboxylic acids is 2. The highest BCUT2D eigenvalue weighted by molar-refractivity contribution is 7.89.